The van der Waals surface area contributed by atoms with Gasteiger partial charge in [0.1, 0.15) is 11.6 Å². The third-order valence-electron chi connectivity index (χ3n) is 3.16. The highest BCUT2D eigenvalue weighted by Crippen LogP contribution is 2.37. The molecule has 3 nitrogen and oxygen atoms in total. The summed E-state index contributed by atoms with van der Waals surface area (Å²) in [6.07, 6.45) is 1.66. The van der Waals surface area contributed by atoms with Gasteiger partial charge in [-0.25, -0.2) is 4.39 Å². The van der Waals surface area contributed by atoms with Gasteiger partial charge in [-0.05, 0) is 51.8 Å². The molecule has 0 bridgehead atoms. The number of carbonyl (C=O) groups excluding carboxylic acids is 1. The number of rotatable bonds is 2. The summed E-state index contributed by atoms with van der Waals surface area (Å²) >= 11 is 9.55. The molecule has 3 rings (SSSR count). The number of halogens is 2. The van der Waals surface area contributed by atoms with E-state index in [1.165, 1.54) is 23.1 Å². The highest BCUT2D eigenvalue weighted by atomic mass is 79.9. The predicted octanol–water partition coefficient (Wildman–Crippen LogP) is 4.70. The van der Waals surface area contributed by atoms with E-state index in [0.29, 0.717) is 9.38 Å². The van der Waals surface area contributed by atoms with Crippen LogP contribution in [0.15, 0.2) is 51.8 Å². The number of para-hydroxylation sites is 1. The Hall–Kier alpha value is -1.70. The fourth-order valence-corrected chi connectivity index (χ4v) is 3.75. The summed E-state index contributed by atoms with van der Waals surface area (Å²) in [6, 6.07) is 10.9. The van der Waals surface area contributed by atoms with Crippen molar-refractivity contribution in [3.8, 4) is 5.75 Å². The van der Waals surface area contributed by atoms with Crippen LogP contribution in [0.2, 0.25) is 0 Å². The number of aromatic hydroxyl groups is 1. The molecule has 0 aliphatic carbocycles. The first-order valence-electron chi connectivity index (χ1n) is 6.48. The second kappa shape index (κ2) is 6.43. The first-order chi connectivity index (χ1) is 11.0. The highest BCUT2D eigenvalue weighted by molar-refractivity contribution is 9.10. The van der Waals surface area contributed by atoms with Crippen LogP contribution >= 0.6 is 39.9 Å². The van der Waals surface area contributed by atoms with E-state index in [0.717, 1.165) is 17.3 Å². The maximum Gasteiger partial charge on any atom is 0.270 e. The molecule has 0 atom stereocenters. The van der Waals surface area contributed by atoms with Crippen molar-refractivity contribution in [2.75, 3.05) is 4.90 Å². The molecule has 23 heavy (non-hydrogen) atoms. The van der Waals surface area contributed by atoms with Crippen LogP contribution in [0.1, 0.15) is 5.56 Å². The van der Waals surface area contributed by atoms with Gasteiger partial charge in [-0.15, -0.1) is 0 Å². The zero-order valence-corrected chi connectivity index (χ0v) is 14.7. The average molecular weight is 410 g/mol. The Morgan fingerprint density at radius 3 is 2.70 bits per heavy atom. The Kier molecular flexibility index (Phi) is 4.52. The van der Waals surface area contributed by atoms with Crippen molar-refractivity contribution in [1.82, 2.24) is 0 Å². The number of phenolic OH excluding ortho intramolecular Hbond substituents is 1. The van der Waals surface area contributed by atoms with E-state index in [2.05, 4.69) is 15.9 Å². The molecule has 7 heteroatoms. The van der Waals surface area contributed by atoms with Crippen LogP contribution < -0.4 is 4.90 Å². The molecule has 0 radical (unpaired) electrons. The monoisotopic (exact) mass is 409 g/mol. The molecule has 2 aromatic rings. The van der Waals surface area contributed by atoms with E-state index in [-0.39, 0.29) is 21.7 Å². The smallest absolute Gasteiger partial charge is 0.270 e. The molecule has 1 saturated heterocycles. The third kappa shape index (κ3) is 3.17. The number of anilines is 1. The van der Waals surface area contributed by atoms with Gasteiger partial charge in [-0.3, -0.25) is 9.69 Å². The summed E-state index contributed by atoms with van der Waals surface area (Å²) in [7, 11) is 0. The van der Waals surface area contributed by atoms with E-state index in [1.54, 1.807) is 30.3 Å². The fraction of sp³-hybridized carbons (Fsp3) is 0. The van der Waals surface area contributed by atoms with Gasteiger partial charge >= 0.3 is 0 Å². The topological polar surface area (TPSA) is 40.5 Å². The van der Waals surface area contributed by atoms with Gasteiger partial charge in [0.25, 0.3) is 5.91 Å². The molecule has 0 saturated carbocycles. The van der Waals surface area contributed by atoms with E-state index in [9.17, 15) is 14.3 Å². The van der Waals surface area contributed by atoms with Crippen LogP contribution in [0, 0.1) is 5.82 Å². The molecule has 0 aromatic heterocycles. The number of thiocarbonyl (C=S) groups is 1. The van der Waals surface area contributed by atoms with Crippen molar-refractivity contribution in [1.29, 1.82) is 0 Å². The van der Waals surface area contributed by atoms with Crippen LogP contribution in [-0.4, -0.2) is 15.3 Å². The van der Waals surface area contributed by atoms with Gasteiger partial charge < -0.3 is 5.11 Å². The summed E-state index contributed by atoms with van der Waals surface area (Å²) in [4.78, 5) is 14.1. The first kappa shape index (κ1) is 16.2. The van der Waals surface area contributed by atoms with Crippen LogP contribution in [0.5, 0.6) is 5.75 Å². The molecule has 0 spiro atoms. The largest absolute Gasteiger partial charge is 0.507 e. The maximum absolute atomic E-state index is 13.9. The SMILES string of the molecule is O=C1/C(=C/c2ccc(O)c(Br)c2)SC(=S)N1c1ccccc1F. The lowest BCUT2D eigenvalue weighted by Gasteiger charge is -2.14. The third-order valence-corrected chi connectivity index (χ3v) is 5.09. The van der Waals surface area contributed by atoms with Crippen LogP contribution in [0.4, 0.5) is 10.1 Å². The maximum atomic E-state index is 13.9. The normalized spacial score (nSPS) is 16.4. The minimum Gasteiger partial charge on any atom is -0.507 e. The number of hydrogen-bond donors (Lipinski definition) is 1. The Morgan fingerprint density at radius 1 is 1.26 bits per heavy atom. The number of nitrogens with zero attached hydrogens (tertiary/aromatic N) is 1. The molecule has 1 N–H and O–H groups in total. The van der Waals surface area contributed by atoms with E-state index < -0.39 is 5.82 Å². The number of hydrogen-bond acceptors (Lipinski definition) is 4. The lowest BCUT2D eigenvalue weighted by atomic mass is 10.2. The van der Waals surface area contributed by atoms with E-state index in [1.807, 2.05) is 0 Å². The molecule has 1 fully saturated rings. The molecule has 2 aromatic carbocycles. The van der Waals surface area contributed by atoms with Gasteiger partial charge in [0.05, 0.1) is 15.1 Å². The zero-order valence-electron chi connectivity index (χ0n) is 11.5. The quantitative estimate of drug-likeness (QED) is 0.576. The lowest BCUT2D eigenvalue weighted by molar-refractivity contribution is -0.113. The van der Waals surface area contributed by atoms with Gasteiger partial charge in [-0.2, -0.15) is 0 Å². The molecule has 1 aliphatic rings. The molecule has 1 amide bonds. The average Bonchev–Trinajstić information content (AvgIpc) is 2.78. The van der Waals surface area contributed by atoms with Gasteiger partial charge in [0, 0.05) is 0 Å². The molecule has 1 heterocycles. The number of benzene rings is 2. The number of carbonyl (C=O) groups is 1. The van der Waals surface area contributed by atoms with Gasteiger partial charge in [0.2, 0.25) is 0 Å². The van der Waals surface area contributed by atoms with Crippen LogP contribution in [0.3, 0.4) is 0 Å². The molecular weight excluding hydrogens is 401 g/mol. The Morgan fingerprint density at radius 2 is 2.00 bits per heavy atom. The van der Waals surface area contributed by atoms with Crippen molar-refractivity contribution in [2.24, 2.45) is 0 Å². The van der Waals surface area contributed by atoms with Crippen molar-refractivity contribution in [2.45, 2.75) is 0 Å². The van der Waals surface area contributed by atoms with Crippen molar-refractivity contribution >= 4 is 61.9 Å². The molecule has 0 unspecified atom stereocenters. The Labute approximate surface area is 149 Å². The Bertz CT molecular complexity index is 854. The second-order valence-corrected chi connectivity index (χ2v) is 7.21. The van der Waals surface area contributed by atoms with Crippen molar-refractivity contribution in [3.05, 3.63) is 63.2 Å². The number of thioether (sulfide) groups is 1. The standard InChI is InChI=1S/C16H9BrFNO2S2/c17-10-7-9(5-6-13(10)20)8-14-15(21)19(16(22)23-14)12-4-2-1-3-11(12)18/h1-8,20H/b14-8-. The Balaban J connectivity index is 1.96. The van der Waals surface area contributed by atoms with Gasteiger partial charge in [0.15, 0.2) is 4.32 Å². The minimum absolute atomic E-state index is 0.112. The summed E-state index contributed by atoms with van der Waals surface area (Å²) < 4.78 is 14.7. The zero-order chi connectivity index (χ0) is 16.6. The number of amides is 1. The van der Waals surface area contributed by atoms with E-state index >= 15 is 0 Å². The van der Waals surface area contributed by atoms with Crippen LogP contribution in [0.25, 0.3) is 6.08 Å². The van der Waals surface area contributed by atoms with Gasteiger partial charge in [-0.1, -0.05) is 42.2 Å². The molecular formula is C16H9BrFNO2S2. The first-order valence-corrected chi connectivity index (χ1v) is 8.50. The fourth-order valence-electron chi connectivity index (χ4n) is 2.07. The van der Waals surface area contributed by atoms with Crippen molar-refractivity contribution in [3.63, 3.8) is 0 Å². The second-order valence-electron chi connectivity index (χ2n) is 4.68. The number of phenols is 1. The van der Waals surface area contributed by atoms with Crippen molar-refractivity contribution < 1.29 is 14.3 Å². The molecule has 116 valence electrons. The minimum atomic E-state index is -0.502. The van der Waals surface area contributed by atoms with Crippen LogP contribution in [-0.2, 0) is 4.79 Å². The predicted molar refractivity (Wildman–Crippen MR) is 97.9 cm³/mol. The highest BCUT2D eigenvalue weighted by Gasteiger charge is 2.34. The summed E-state index contributed by atoms with van der Waals surface area (Å²) in [5.41, 5.74) is 0.869. The summed E-state index contributed by atoms with van der Waals surface area (Å²) in [5, 5.41) is 9.51. The molecule has 1 aliphatic heterocycles. The summed E-state index contributed by atoms with van der Waals surface area (Å²) in [6.45, 7) is 0. The van der Waals surface area contributed by atoms with E-state index in [4.69, 9.17) is 12.2 Å². The summed E-state index contributed by atoms with van der Waals surface area (Å²) in [5.74, 6) is -0.757. The lowest BCUT2D eigenvalue weighted by Crippen LogP contribution is -2.28.